The van der Waals surface area contributed by atoms with Gasteiger partial charge in [0, 0.05) is 0 Å². The van der Waals surface area contributed by atoms with Crippen molar-refractivity contribution in [2.45, 2.75) is 0 Å². The highest BCUT2D eigenvalue weighted by molar-refractivity contribution is 8.27. The van der Waals surface area contributed by atoms with Crippen LogP contribution >= 0.6 is 35.6 Å². The monoisotopic (exact) mass is 425 g/mol. The maximum absolute atomic E-state index is 13.4. The average molecular weight is 426 g/mol. The van der Waals surface area contributed by atoms with E-state index in [1.807, 2.05) is 0 Å². The summed E-state index contributed by atoms with van der Waals surface area (Å²) >= 11 is 12.2. The summed E-state index contributed by atoms with van der Waals surface area (Å²) in [5.74, 6) is -0.656. The second kappa shape index (κ2) is 7.75. The minimum atomic E-state index is -0.579. The fraction of sp³-hybridized carbons (Fsp3) is 0.111. The predicted molar refractivity (Wildman–Crippen MR) is 108 cm³/mol. The largest absolute Gasteiger partial charge is 0.502 e. The zero-order valence-electron chi connectivity index (χ0n) is 14.2. The third-order valence-corrected chi connectivity index (χ3v) is 5.35. The lowest BCUT2D eigenvalue weighted by Crippen LogP contribution is -2.27. The van der Waals surface area contributed by atoms with Gasteiger partial charge in [0.15, 0.2) is 15.8 Å². The maximum Gasteiger partial charge on any atom is 0.270 e. The quantitative estimate of drug-likeness (QED) is 0.570. The van der Waals surface area contributed by atoms with Crippen LogP contribution in [0.15, 0.2) is 35.2 Å². The molecule has 0 aromatic heterocycles. The number of thioether (sulfide) groups is 1. The molecule has 5 nitrogen and oxygen atoms in total. The fourth-order valence-corrected chi connectivity index (χ4v) is 3.94. The second-order valence-corrected chi connectivity index (χ2v) is 7.47. The first kappa shape index (κ1) is 19.5. The molecular formula is C18H13ClFNO4S2. The van der Waals surface area contributed by atoms with E-state index < -0.39 is 5.82 Å². The van der Waals surface area contributed by atoms with Crippen LogP contribution in [0.25, 0.3) is 6.08 Å². The number of methoxy groups -OCH3 is 2. The van der Waals surface area contributed by atoms with E-state index in [0.29, 0.717) is 20.5 Å². The molecule has 1 fully saturated rings. The third-order valence-electron chi connectivity index (χ3n) is 3.75. The molecule has 0 unspecified atom stereocenters. The summed E-state index contributed by atoms with van der Waals surface area (Å²) < 4.78 is 23.9. The molecule has 1 heterocycles. The molecule has 0 bridgehead atoms. The Hall–Kier alpha value is -2.29. The zero-order valence-corrected chi connectivity index (χ0v) is 16.5. The number of carbonyl (C=O) groups is 1. The molecule has 27 heavy (non-hydrogen) atoms. The normalized spacial score (nSPS) is 15.6. The first-order chi connectivity index (χ1) is 12.8. The first-order valence-electron chi connectivity index (χ1n) is 7.53. The summed E-state index contributed by atoms with van der Waals surface area (Å²) in [5, 5.41) is 9.89. The predicted octanol–water partition coefficient (Wildman–Crippen LogP) is 4.61. The van der Waals surface area contributed by atoms with Crippen molar-refractivity contribution < 1.29 is 23.8 Å². The molecule has 0 aliphatic carbocycles. The summed E-state index contributed by atoms with van der Waals surface area (Å²) in [6.07, 6.45) is 1.61. The van der Waals surface area contributed by atoms with Gasteiger partial charge in [0.05, 0.1) is 29.8 Å². The van der Waals surface area contributed by atoms with Crippen LogP contribution in [0.5, 0.6) is 17.2 Å². The molecule has 9 heteroatoms. The number of phenols is 1. The second-order valence-electron chi connectivity index (χ2n) is 5.39. The van der Waals surface area contributed by atoms with Crippen molar-refractivity contribution in [3.8, 4) is 17.2 Å². The highest BCUT2D eigenvalue weighted by Gasteiger charge is 2.33. The van der Waals surface area contributed by atoms with E-state index in [4.69, 9.17) is 33.3 Å². The van der Waals surface area contributed by atoms with Crippen molar-refractivity contribution in [3.63, 3.8) is 0 Å². The van der Waals surface area contributed by atoms with Crippen LogP contribution in [0.2, 0.25) is 5.02 Å². The van der Waals surface area contributed by atoms with Crippen LogP contribution in [0.1, 0.15) is 5.56 Å². The molecule has 2 aromatic carbocycles. The number of phenolic OH excluding ortho intramolecular Hbond substituents is 1. The highest BCUT2D eigenvalue weighted by Crippen LogP contribution is 2.40. The Morgan fingerprint density at radius 3 is 2.41 bits per heavy atom. The Labute approximate surface area is 169 Å². The van der Waals surface area contributed by atoms with Gasteiger partial charge in [-0.2, -0.15) is 0 Å². The van der Waals surface area contributed by atoms with Crippen molar-refractivity contribution in [2.75, 3.05) is 19.1 Å². The molecule has 2 aromatic rings. The molecule has 140 valence electrons. The van der Waals surface area contributed by atoms with Crippen molar-refractivity contribution in [3.05, 3.63) is 51.6 Å². The SMILES string of the molecule is COc1cc(/C=C2/SC(=S)N(c3ccc(F)c(Cl)c3)C2=O)cc(OC)c1O. The number of hydrogen-bond acceptors (Lipinski definition) is 6. The topological polar surface area (TPSA) is 59.0 Å². The number of rotatable bonds is 4. The summed E-state index contributed by atoms with van der Waals surface area (Å²) in [4.78, 5) is 14.4. The van der Waals surface area contributed by atoms with E-state index in [-0.39, 0.29) is 28.2 Å². The smallest absolute Gasteiger partial charge is 0.270 e. The van der Waals surface area contributed by atoms with Crippen LogP contribution < -0.4 is 14.4 Å². The molecule has 1 amide bonds. The van der Waals surface area contributed by atoms with Gasteiger partial charge in [-0.3, -0.25) is 9.69 Å². The molecule has 1 aliphatic rings. The van der Waals surface area contributed by atoms with Gasteiger partial charge in [-0.05, 0) is 42.0 Å². The molecule has 0 radical (unpaired) electrons. The summed E-state index contributed by atoms with van der Waals surface area (Å²) in [5.41, 5.74) is 0.965. The minimum absolute atomic E-state index is 0.0986. The van der Waals surface area contributed by atoms with Gasteiger partial charge in [-0.15, -0.1) is 0 Å². The number of thiocarbonyl (C=S) groups is 1. The van der Waals surface area contributed by atoms with Gasteiger partial charge in [0.1, 0.15) is 5.82 Å². The van der Waals surface area contributed by atoms with Gasteiger partial charge in [0.25, 0.3) is 5.91 Å². The fourth-order valence-electron chi connectivity index (χ4n) is 2.46. The van der Waals surface area contributed by atoms with Crippen molar-refractivity contribution in [2.24, 2.45) is 0 Å². The Morgan fingerprint density at radius 1 is 1.22 bits per heavy atom. The first-order valence-corrected chi connectivity index (χ1v) is 9.14. The van der Waals surface area contributed by atoms with E-state index >= 15 is 0 Å². The van der Waals surface area contributed by atoms with Crippen LogP contribution in [-0.2, 0) is 4.79 Å². The number of ether oxygens (including phenoxy) is 2. The van der Waals surface area contributed by atoms with Gasteiger partial charge in [-0.1, -0.05) is 35.6 Å². The molecule has 3 rings (SSSR count). The Kier molecular flexibility index (Phi) is 5.59. The van der Waals surface area contributed by atoms with E-state index in [1.54, 1.807) is 18.2 Å². The van der Waals surface area contributed by atoms with Crippen LogP contribution in [0.3, 0.4) is 0 Å². The number of nitrogens with zero attached hydrogens (tertiary/aromatic N) is 1. The molecule has 0 atom stereocenters. The lowest BCUT2D eigenvalue weighted by Gasteiger charge is -2.14. The van der Waals surface area contributed by atoms with Gasteiger partial charge in [0.2, 0.25) is 5.75 Å². The standard InChI is InChI=1S/C18H13ClFNO4S2/c1-24-13-5-9(6-14(25-2)16(13)22)7-15-17(23)21(18(26)27-15)10-3-4-12(20)11(19)8-10/h3-8,22H,1-2H3/b15-7+. The van der Waals surface area contributed by atoms with Crippen LogP contribution in [0.4, 0.5) is 10.1 Å². The van der Waals surface area contributed by atoms with E-state index in [9.17, 15) is 14.3 Å². The van der Waals surface area contributed by atoms with E-state index in [2.05, 4.69) is 0 Å². The summed E-state index contributed by atoms with van der Waals surface area (Å²) in [6, 6.07) is 7.09. The molecule has 0 spiro atoms. The number of amides is 1. The van der Waals surface area contributed by atoms with Crippen molar-refractivity contribution in [1.82, 2.24) is 0 Å². The number of hydrogen-bond donors (Lipinski definition) is 1. The third kappa shape index (κ3) is 3.73. The zero-order chi connectivity index (χ0) is 19.7. The Balaban J connectivity index is 1.98. The minimum Gasteiger partial charge on any atom is -0.502 e. The molecule has 1 N–H and O–H groups in total. The molecule has 1 saturated heterocycles. The summed E-state index contributed by atoms with van der Waals surface area (Å²) in [6.45, 7) is 0. The van der Waals surface area contributed by atoms with E-state index in [1.165, 1.54) is 37.3 Å². The molecule has 0 saturated carbocycles. The van der Waals surface area contributed by atoms with Crippen LogP contribution in [-0.4, -0.2) is 29.6 Å². The van der Waals surface area contributed by atoms with Gasteiger partial charge < -0.3 is 14.6 Å². The Morgan fingerprint density at radius 2 is 1.85 bits per heavy atom. The van der Waals surface area contributed by atoms with Crippen molar-refractivity contribution >= 4 is 57.6 Å². The lowest BCUT2D eigenvalue weighted by molar-refractivity contribution is -0.113. The lowest BCUT2D eigenvalue weighted by atomic mass is 10.1. The van der Waals surface area contributed by atoms with Crippen LogP contribution in [0, 0.1) is 5.82 Å². The van der Waals surface area contributed by atoms with Gasteiger partial charge >= 0.3 is 0 Å². The molecular weight excluding hydrogens is 413 g/mol. The highest BCUT2D eigenvalue weighted by atomic mass is 35.5. The maximum atomic E-state index is 13.4. The van der Waals surface area contributed by atoms with E-state index in [0.717, 1.165) is 11.8 Å². The Bertz CT molecular complexity index is 955. The van der Waals surface area contributed by atoms with Crippen molar-refractivity contribution in [1.29, 1.82) is 0 Å². The van der Waals surface area contributed by atoms with Gasteiger partial charge in [-0.25, -0.2) is 4.39 Å². The number of aromatic hydroxyl groups is 1. The summed E-state index contributed by atoms with van der Waals surface area (Å²) in [7, 11) is 2.83. The molecule has 1 aliphatic heterocycles. The average Bonchev–Trinajstić information content (AvgIpc) is 2.92. The number of carbonyl (C=O) groups excluding carboxylic acids is 1. The number of halogens is 2. The number of benzene rings is 2. The number of anilines is 1.